The van der Waals surface area contributed by atoms with Gasteiger partial charge in [-0.25, -0.2) is 13.8 Å². The van der Waals surface area contributed by atoms with Crippen LogP contribution >= 0.6 is 23.1 Å². The zero-order valence-electron chi connectivity index (χ0n) is 13.1. The van der Waals surface area contributed by atoms with Crippen LogP contribution in [0.15, 0.2) is 34.4 Å². The number of thioether (sulfide) groups is 1. The van der Waals surface area contributed by atoms with E-state index >= 15 is 0 Å². The van der Waals surface area contributed by atoms with Gasteiger partial charge >= 0.3 is 0 Å². The molecule has 25 heavy (non-hydrogen) atoms. The third-order valence-corrected chi connectivity index (χ3v) is 5.22. The molecule has 0 bridgehead atoms. The van der Waals surface area contributed by atoms with Gasteiger partial charge in [-0.1, -0.05) is 0 Å². The van der Waals surface area contributed by atoms with Gasteiger partial charge in [0.15, 0.2) is 16.6 Å². The highest BCUT2D eigenvalue weighted by molar-refractivity contribution is 7.99. The largest absolute Gasteiger partial charge is 0.325 e. The van der Waals surface area contributed by atoms with E-state index < -0.39 is 11.6 Å². The topological polar surface area (TPSA) is 63.5 Å². The van der Waals surface area contributed by atoms with Crippen molar-refractivity contribution < 1.29 is 13.6 Å². The summed E-state index contributed by atoms with van der Waals surface area (Å²) in [6.07, 6.45) is 0. The summed E-state index contributed by atoms with van der Waals surface area (Å²) in [6.45, 7) is 1.84. The van der Waals surface area contributed by atoms with Gasteiger partial charge in [-0.05, 0) is 19.1 Å². The minimum absolute atomic E-state index is 0.101. The molecule has 0 saturated carbocycles. The van der Waals surface area contributed by atoms with Crippen LogP contribution in [-0.4, -0.2) is 21.0 Å². The summed E-state index contributed by atoms with van der Waals surface area (Å²) in [7, 11) is 0. The molecule has 1 amide bonds. The Balaban J connectivity index is 1.58. The summed E-state index contributed by atoms with van der Waals surface area (Å²) < 4.78 is 27.5. The fraction of sp³-hybridized carbons (Fsp3) is 0.188. The number of rotatable bonds is 5. The maximum absolute atomic E-state index is 13.1. The highest BCUT2D eigenvalue weighted by Gasteiger charge is 2.09. The smallest absolute Gasteiger partial charge is 0.258 e. The van der Waals surface area contributed by atoms with Crippen molar-refractivity contribution in [3.63, 3.8) is 0 Å². The molecule has 0 aliphatic heterocycles. The Labute approximate surface area is 149 Å². The highest BCUT2D eigenvalue weighted by Crippen LogP contribution is 2.16. The molecule has 1 aromatic carbocycles. The number of anilines is 1. The van der Waals surface area contributed by atoms with Crippen molar-refractivity contribution in [2.75, 3.05) is 11.1 Å². The van der Waals surface area contributed by atoms with Gasteiger partial charge in [0.2, 0.25) is 5.91 Å². The fourth-order valence-corrected chi connectivity index (χ4v) is 3.80. The normalized spacial score (nSPS) is 11.0. The molecule has 0 unspecified atom stereocenters. The lowest BCUT2D eigenvalue weighted by molar-refractivity contribution is -0.113. The fourth-order valence-electron chi connectivity index (χ4n) is 2.19. The number of aryl methyl sites for hydroxylation is 1. The maximum atomic E-state index is 13.1. The van der Waals surface area contributed by atoms with Crippen molar-refractivity contribution in [2.45, 2.75) is 12.7 Å². The average Bonchev–Trinajstić information content (AvgIpc) is 2.92. The van der Waals surface area contributed by atoms with Crippen molar-refractivity contribution in [3.8, 4) is 0 Å². The molecule has 0 atom stereocenters. The third-order valence-electron chi connectivity index (χ3n) is 3.32. The van der Waals surface area contributed by atoms with Gasteiger partial charge in [0.25, 0.3) is 5.56 Å². The average molecular weight is 381 g/mol. The van der Waals surface area contributed by atoms with E-state index in [1.807, 2.05) is 12.3 Å². The summed E-state index contributed by atoms with van der Waals surface area (Å²) in [5.74, 6) is -1.84. The number of hydrogen-bond acceptors (Lipinski definition) is 5. The van der Waals surface area contributed by atoms with Crippen LogP contribution in [0.2, 0.25) is 0 Å². The lowest BCUT2D eigenvalue weighted by Crippen LogP contribution is -2.16. The Hall–Kier alpha value is -2.26. The highest BCUT2D eigenvalue weighted by atomic mass is 32.2. The van der Waals surface area contributed by atoms with Crippen molar-refractivity contribution >= 4 is 39.7 Å². The summed E-state index contributed by atoms with van der Waals surface area (Å²) >= 11 is 2.66. The second kappa shape index (κ2) is 7.32. The molecule has 9 heteroatoms. The predicted octanol–water partition coefficient (Wildman–Crippen LogP) is 3.21. The first-order valence-corrected chi connectivity index (χ1v) is 9.27. The van der Waals surface area contributed by atoms with Crippen LogP contribution in [-0.2, 0) is 10.5 Å². The number of amides is 1. The van der Waals surface area contributed by atoms with Crippen molar-refractivity contribution in [3.05, 3.63) is 63.0 Å². The number of fused-ring (bicyclic) bond motifs is 1. The Morgan fingerprint density at radius 1 is 1.32 bits per heavy atom. The first kappa shape index (κ1) is 17.6. The number of carbonyl (C=O) groups is 1. The molecule has 0 spiro atoms. The molecule has 3 aromatic rings. The van der Waals surface area contributed by atoms with E-state index in [0.717, 1.165) is 17.8 Å². The standard InChI is InChI=1S/C16H13F2N3O2S2/c1-9-6-25-16-20-11(5-15(23)21(9)16)7-24-8-14(22)19-10-2-3-12(17)13(18)4-10/h2-6H,7-8H2,1H3,(H,19,22). The number of nitrogens with one attached hydrogen (secondary N) is 1. The SMILES string of the molecule is Cc1csc2nc(CSCC(=O)Nc3ccc(F)c(F)c3)cc(=O)n12. The van der Waals surface area contributed by atoms with Gasteiger partial charge in [0.05, 0.1) is 11.4 Å². The first-order chi connectivity index (χ1) is 11.9. The van der Waals surface area contributed by atoms with Gasteiger partial charge in [-0.15, -0.1) is 23.1 Å². The first-order valence-electron chi connectivity index (χ1n) is 7.23. The summed E-state index contributed by atoms with van der Waals surface area (Å²) in [5, 5.41) is 4.35. The minimum Gasteiger partial charge on any atom is -0.325 e. The third kappa shape index (κ3) is 4.05. The molecule has 5 nitrogen and oxygen atoms in total. The van der Waals surface area contributed by atoms with E-state index in [4.69, 9.17) is 0 Å². The number of nitrogens with zero attached hydrogens (tertiary/aromatic N) is 2. The molecule has 130 valence electrons. The number of halogens is 2. The number of hydrogen-bond donors (Lipinski definition) is 1. The molecule has 0 radical (unpaired) electrons. The zero-order valence-corrected chi connectivity index (χ0v) is 14.7. The van der Waals surface area contributed by atoms with Crippen LogP contribution in [0.3, 0.4) is 0 Å². The zero-order chi connectivity index (χ0) is 18.0. The monoisotopic (exact) mass is 381 g/mol. The van der Waals surface area contributed by atoms with Gasteiger partial charge in [-0.3, -0.25) is 14.0 Å². The molecule has 2 aromatic heterocycles. The van der Waals surface area contributed by atoms with E-state index in [0.29, 0.717) is 16.4 Å². The second-order valence-corrected chi connectivity index (χ2v) is 7.07. The van der Waals surface area contributed by atoms with Gasteiger partial charge < -0.3 is 5.32 Å². The number of thiazole rings is 1. The van der Waals surface area contributed by atoms with Crippen LogP contribution in [0, 0.1) is 18.6 Å². The molecule has 0 fully saturated rings. The quantitative estimate of drug-likeness (QED) is 0.737. The maximum Gasteiger partial charge on any atom is 0.258 e. The lowest BCUT2D eigenvalue weighted by atomic mass is 10.3. The van der Waals surface area contributed by atoms with E-state index in [9.17, 15) is 18.4 Å². The molecule has 2 heterocycles. The molecular weight excluding hydrogens is 368 g/mol. The van der Waals surface area contributed by atoms with E-state index in [-0.39, 0.29) is 22.9 Å². The number of carbonyl (C=O) groups excluding carboxylic acids is 1. The Morgan fingerprint density at radius 2 is 2.12 bits per heavy atom. The Kier molecular flexibility index (Phi) is 5.14. The van der Waals surface area contributed by atoms with E-state index in [1.165, 1.54) is 39.6 Å². The number of benzene rings is 1. The van der Waals surface area contributed by atoms with Gasteiger partial charge in [0, 0.05) is 34.6 Å². The molecule has 3 rings (SSSR count). The van der Waals surface area contributed by atoms with Gasteiger partial charge in [0.1, 0.15) is 0 Å². The summed E-state index contributed by atoms with van der Waals surface area (Å²) in [5.41, 5.74) is 1.47. The summed E-state index contributed by atoms with van der Waals surface area (Å²) in [4.78, 5) is 28.9. The van der Waals surface area contributed by atoms with Crippen LogP contribution in [0.5, 0.6) is 0 Å². The van der Waals surface area contributed by atoms with Crippen LogP contribution in [0.25, 0.3) is 4.96 Å². The Bertz CT molecular complexity index is 1000. The molecule has 1 N–H and O–H groups in total. The minimum atomic E-state index is -1.02. The van der Waals surface area contributed by atoms with E-state index in [2.05, 4.69) is 10.3 Å². The van der Waals surface area contributed by atoms with E-state index in [1.54, 1.807) is 0 Å². The predicted molar refractivity (Wildman–Crippen MR) is 95.2 cm³/mol. The molecule has 0 aliphatic carbocycles. The summed E-state index contributed by atoms with van der Waals surface area (Å²) in [6, 6.07) is 4.62. The van der Waals surface area contributed by atoms with Crippen molar-refractivity contribution in [1.82, 2.24) is 9.38 Å². The lowest BCUT2D eigenvalue weighted by Gasteiger charge is -2.06. The molecule has 0 saturated heterocycles. The Morgan fingerprint density at radius 3 is 2.88 bits per heavy atom. The molecule has 0 aliphatic rings. The van der Waals surface area contributed by atoms with Gasteiger partial charge in [-0.2, -0.15) is 0 Å². The molecular formula is C16H13F2N3O2S2. The number of aromatic nitrogens is 2. The van der Waals surface area contributed by atoms with Crippen molar-refractivity contribution in [2.24, 2.45) is 0 Å². The van der Waals surface area contributed by atoms with Crippen LogP contribution in [0.4, 0.5) is 14.5 Å². The second-order valence-electron chi connectivity index (χ2n) is 5.25. The van der Waals surface area contributed by atoms with Crippen LogP contribution in [0.1, 0.15) is 11.4 Å². The van der Waals surface area contributed by atoms with Crippen LogP contribution < -0.4 is 10.9 Å². The van der Waals surface area contributed by atoms with Crippen molar-refractivity contribution in [1.29, 1.82) is 0 Å².